The second-order valence-electron chi connectivity index (χ2n) is 6.36. The van der Waals surface area contributed by atoms with E-state index in [1.54, 1.807) is 25.4 Å². The lowest BCUT2D eigenvalue weighted by atomic mass is 10.1. The van der Waals surface area contributed by atoms with Crippen LogP contribution in [0.2, 0.25) is 0 Å². The number of nitrogens with one attached hydrogen (secondary N) is 2. The smallest absolute Gasteiger partial charge is 0.324 e. The molecule has 4 amide bonds. The van der Waals surface area contributed by atoms with Gasteiger partial charge in [-0.25, -0.2) is 4.79 Å². The number of benzene rings is 1. The van der Waals surface area contributed by atoms with Crippen molar-refractivity contribution >= 4 is 17.8 Å². The summed E-state index contributed by atoms with van der Waals surface area (Å²) < 4.78 is 5.29. The molecule has 146 valence electrons. The summed E-state index contributed by atoms with van der Waals surface area (Å²) in [6, 6.07) is 11.5. The second-order valence-corrected chi connectivity index (χ2v) is 6.36. The third kappa shape index (κ3) is 4.64. The Balaban J connectivity index is 1.52. The van der Waals surface area contributed by atoms with Crippen molar-refractivity contribution in [1.29, 1.82) is 0 Å². The number of rotatable bonds is 8. The zero-order chi connectivity index (χ0) is 19.9. The standard InChI is InChI=1S/C20H22N4O4/c1-28-17-8-3-2-6-14(17)9-11-24-19(26)16(23-20(24)27)12-18(25)22-13-15-7-4-5-10-21-15/h2-8,10,16H,9,11-13H2,1H3,(H,22,25)(H,23,27). The van der Waals surface area contributed by atoms with E-state index in [0.717, 1.165) is 16.2 Å². The number of amides is 4. The maximum absolute atomic E-state index is 12.5. The van der Waals surface area contributed by atoms with Gasteiger partial charge >= 0.3 is 6.03 Å². The molecule has 28 heavy (non-hydrogen) atoms. The van der Waals surface area contributed by atoms with E-state index in [-0.39, 0.29) is 25.4 Å². The number of para-hydroxylation sites is 1. The molecule has 8 heteroatoms. The molecule has 1 unspecified atom stereocenters. The molecular formula is C20H22N4O4. The van der Waals surface area contributed by atoms with Gasteiger partial charge in [0.15, 0.2) is 0 Å². The Kier molecular flexibility index (Phi) is 6.21. The lowest BCUT2D eigenvalue weighted by Crippen LogP contribution is -2.36. The van der Waals surface area contributed by atoms with Crippen LogP contribution in [0.4, 0.5) is 4.79 Å². The summed E-state index contributed by atoms with van der Waals surface area (Å²) in [4.78, 5) is 42.1. The van der Waals surface area contributed by atoms with Crippen molar-refractivity contribution in [3.05, 3.63) is 59.9 Å². The van der Waals surface area contributed by atoms with Crippen LogP contribution >= 0.6 is 0 Å². The van der Waals surface area contributed by atoms with Crippen molar-refractivity contribution in [1.82, 2.24) is 20.5 Å². The highest BCUT2D eigenvalue weighted by molar-refractivity contribution is 6.05. The zero-order valence-electron chi connectivity index (χ0n) is 15.6. The van der Waals surface area contributed by atoms with Gasteiger partial charge in [0, 0.05) is 12.7 Å². The summed E-state index contributed by atoms with van der Waals surface area (Å²) in [6.07, 6.45) is 2.01. The molecule has 1 aromatic carbocycles. The van der Waals surface area contributed by atoms with Crippen molar-refractivity contribution in [2.45, 2.75) is 25.4 Å². The lowest BCUT2D eigenvalue weighted by Gasteiger charge is -2.14. The van der Waals surface area contributed by atoms with Gasteiger partial charge in [-0.05, 0) is 30.2 Å². The van der Waals surface area contributed by atoms with Crippen LogP contribution in [0.25, 0.3) is 0 Å². The van der Waals surface area contributed by atoms with Crippen LogP contribution < -0.4 is 15.4 Å². The Morgan fingerprint density at radius 2 is 2.00 bits per heavy atom. The van der Waals surface area contributed by atoms with Crippen LogP contribution in [0.1, 0.15) is 17.7 Å². The number of carbonyl (C=O) groups is 3. The molecule has 0 spiro atoms. The van der Waals surface area contributed by atoms with Gasteiger partial charge in [0.25, 0.3) is 5.91 Å². The highest BCUT2D eigenvalue weighted by Gasteiger charge is 2.38. The van der Waals surface area contributed by atoms with Crippen LogP contribution in [0.15, 0.2) is 48.7 Å². The van der Waals surface area contributed by atoms with Gasteiger partial charge in [0.05, 0.1) is 25.8 Å². The summed E-state index contributed by atoms with van der Waals surface area (Å²) in [5.74, 6) is -0.0104. The monoisotopic (exact) mass is 382 g/mol. The summed E-state index contributed by atoms with van der Waals surface area (Å²) in [5, 5.41) is 5.29. The van der Waals surface area contributed by atoms with Crippen LogP contribution in [0.5, 0.6) is 5.75 Å². The molecule has 0 saturated carbocycles. The zero-order valence-corrected chi connectivity index (χ0v) is 15.6. The van der Waals surface area contributed by atoms with E-state index >= 15 is 0 Å². The maximum atomic E-state index is 12.5. The average Bonchev–Trinajstić information content (AvgIpc) is 2.98. The number of urea groups is 1. The Morgan fingerprint density at radius 1 is 1.21 bits per heavy atom. The van der Waals surface area contributed by atoms with E-state index in [1.165, 1.54) is 0 Å². The van der Waals surface area contributed by atoms with Gasteiger partial charge in [0.2, 0.25) is 5.91 Å². The fraction of sp³-hybridized carbons (Fsp3) is 0.300. The Labute approximate surface area is 162 Å². The Hall–Kier alpha value is -3.42. The molecule has 1 aromatic heterocycles. The van der Waals surface area contributed by atoms with Gasteiger partial charge in [-0.15, -0.1) is 0 Å². The molecular weight excluding hydrogens is 360 g/mol. The number of carbonyl (C=O) groups excluding carboxylic acids is 3. The largest absolute Gasteiger partial charge is 0.496 e. The molecule has 8 nitrogen and oxygen atoms in total. The van der Waals surface area contributed by atoms with Crippen molar-refractivity contribution in [3.63, 3.8) is 0 Å². The molecule has 1 aliphatic heterocycles. The van der Waals surface area contributed by atoms with Crippen LogP contribution in [0.3, 0.4) is 0 Å². The number of aromatic nitrogens is 1. The SMILES string of the molecule is COc1ccccc1CCN1C(=O)NC(CC(=O)NCc2ccccn2)C1=O. The molecule has 2 heterocycles. The van der Waals surface area contributed by atoms with Gasteiger partial charge in [0.1, 0.15) is 11.8 Å². The highest BCUT2D eigenvalue weighted by Crippen LogP contribution is 2.19. The molecule has 1 aliphatic rings. The van der Waals surface area contributed by atoms with E-state index < -0.39 is 18.0 Å². The van der Waals surface area contributed by atoms with E-state index in [1.807, 2.05) is 30.3 Å². The first-order valence-electron chi connectivity index (χ1n) is 8.99. The normalized spacial score (nSPS) is 16.0. The number of hydrogen-bond donors (Lipinski definition) is 2. The van der Waals surface area contributed by atoms with Crippen molar-refractivity contribution in [2.75, 3.05) is 13.7 Å². The third-order valence-corrected chi connectivity index (χ3v) is 4.49. The third-order valence-electron chi connectivity index (χ3n) is 4.49. The van der Waals surface area contributed by atoms with Crippen molar-refractivity contribution in [3.8, 4) is 5.75 Å². The summed E-state index contributed by atoms with van der Waals surface area (Å²) >= 11 is 0. The predicted octanol–water partition coefficient (Wildman–Crippen LogP) is 1.26. The molecule has 2 N–H and O–H groups in total. The molecule has 3 rings (SSSR count). The number of methoxy groups -OCH3 is 1. The predicted molar refractivity (Wildman–Crippen MR) is 101 cm³/mol. The minimum Gasteiger partial charge on any atom is -0.496 e. The number of imide groups is 1. The second kappa shape index (κ2) is 8.98. The molecule has 0 radical (unpaired) electrons. The van der Waals surface area contributed by atoms with Gasteiger partial charge < -0.3 is 15.4 Å². The van der Waals surface area contributed by atoms with Crippen LogP contribution in [-0.2, 0) is 22.6 Å². The van der Waals surface area contributed by atoms with E-state index in [2.05, 4.69) is 15.6 Å². The number of pyridine rings is 1. The minimum atomic E-state index is -0.853. The van der Waals surface area contributed by atoms with E-state index in [9.17, 15) is 14.4 Å². The molecule has 1 atom stereocenters. The number of nitrogens with zero attached hydrogens (tertiary/aromatic N) is 2. The molecule has 0 aliphatic carbocycles. The van der Waals surface area contributed by atoms with Gasteiger partial charge in [-0.3, -0.25) is 19.5 Å². The Morgan fingerprint density at radius 3 is 2.75 bits per heavy atom. The molecule has 1 fully saturated rings. The molecule has 0 bridgehead atoms. The Bertz CT molecular complexity index is 856. The summed E-state index contributed by atoms with van der Waals surface area (Å²) in [5.41, 5.74) is 1.62. The molecule has 1 saturated heterocycles. The first-order valence-corrected chi connectivity index (χ1v) is 8.99. The maximum Gasteiger partial charge on any atom is 0.324 e. The quantitative estimate of drug-likeness (QED) is 0.670. The minimum absolute atomic E-state index is 0.109. The summed E-state index contributed by atoms with van der Waals surface area (Å²) in [7, 11) is 1.58. The van der Waals surface area contributed by atoms with Crippen LogP contribution in [0, 0.1) is 0 Å². The fourth-order valence-electron chi connectivity index (χ4n) is 3.02. The van der Waals surface area contributed by atoms with Gasteiger partial charge in [-0.1, -0.05) is 24.3 Å². The number of ether oxygens (including phenoxy) is 1. The van der Waals surface area contributed by atoms with Crippen molar-refractivity contribution < 1.29 is 19.1 Å². The van der Waals surface area contributed by atoms with E-state index in [0.29, 0.717) is 12.2 Å². The first kappa shape index (κ1) is 19.3. The first-order chi connectivity index (χ1) is 13.6. The fourth-order valence-corrected chi connectivity index (χ4v) is 3.02. The van der Waals surface area contributed by atoms with E-state index in [4.69, 9.17) is 4.74 Å². The average molecular weight is 382 g/mol. The topological polar surface area (TPSA) is 101 Å². The molecule has 2 aromatic rings. The summed E-state index contributed by atoms with van der Waals surface area (Å²) in [6.45, 7) is 0.489. The van der Waals surface area contributed by atoms with Crippen LogP contribution in [-0.4, -0.2) is 47.4 Å². The number of hydrogen-bond acceptors (Lipinski definition) is 5. The van der Waals surface area contributed by atoms with Gasteiger partial charge in [-0.2, -0.15) is 0 Å². The van der Waals surface area contributed by atoms with Crippen molar-refractivity contribution in [2.24, 2.45) is 0 Å². The highest BCUT2D eigenvalue weighted by atomic mass is 16.5. The lowest BCUT2D eigenvalue weighted by molar-refractivity contribution is -0.130.